The van der Waals surface area contributed by atoms with Crippen LogP contribution in [0.3, 0.4) is 0 Å². The Morgan fingerprint density at radius 3 is 2.89 bits per heavy atom. The molecule has 3 rings (SSSR count). The van der Waals surface area contributed by atoms with E-state index in [1.165, 1.54) is 6.08 Å². The van der Waals surface area contributed by atoms with E-state index in [2.05, 4.69) is 17.2 Å². The second kappa shape index (κ2) is 8.68. The molecule has 0 saturated carbocycles. The number of ether oxygens (including phenoxy) is 2. The molecular formula is C21H24N2O4. The predicted molar refractivity (Wildman–Crippen MR) is 104 cm³/mol. The van der Waals surface area contributed by atoms with Crippen LogP contribution in [-0.2, 0) is 20.7 Å². The highest BCUT2D eigenvalue weighted by atomic mass is 16.5. The summed E-state index contributed by atoms with van der Waals surface area (Å²) in [4.78, 5) is 24.3. The number of hydrogen-bond acceptors (Lipinski definition) is 4. The molecule has 142 valence electrons. The minimum atomic E-state index is -0.272. The molecule has 1 aliphatic rings. The molecule has 0 aliphatic carbocycles. The third-order valence-electron chi connectivity index (χ3n) is 4.75. The number of carbonyl (C=O) groups excluding carboxylic acids is 2. The number of methoxy groups -OCH3 is 1. The molecule has 1 fully saturated rings. The van der Waals surface area contributed by atoms with E-state index in [9.17, 15) is 9.59 Å². The molecule has 27 heavy (non-hydrogen) atoms. The van der Waals surface area contributed by atoms with Gasteiger partial charge in [0.1, 0.15) is 5.75 Å². The molecule has 0 bridgehead atoms. The number of benzene rings is 2. The van der Waals surface area contributed by atoms with E-state index in [-0.39, 0.29) is 30.3 Å². The maximum Gasteiger partial charge on any atom is 0.243 e. The van der Waals surface area contributed by atoms with Crippen LogP contribution in [0.5, 0.6) is 5.75 Å². The van der Waals surface area contributed by atoms with Gasteiger partial charge in [0.15, 0.2) is 0 Å². The molecule has 2 N–H and O–H groups in total. The zero-order valence-corrected chi connectivity index (χ0v) is 15.4. The monoisotopic (exact) mass is 368 g/mol. The molecule has 1 heterocycles. The number of amides is 2. The Balaban J connectivity index is 1.72. The summed E-state index contributed by atoms with van der Waals surface area (Å²) in [6, 6.07) is 11.3. The first-order valence-electron chi connectivity index (χ1n) is 8.96. The number of fused-ring (bicyclic) bond motifs is 1. The zero-order valence-electron chi connectivity index (χ0n) is 15.4. The van der Waals surface area contributed by atoms with Gasteiger partial charge in [-0.3, -0.25) is 9.59 Å². The van der Waals surface area contributed by atoms with Gasteiger partial charge in [0, 0.05) is 6.61 Å². The van der Waals surface area contributed by atoms with E-state index in [0.29, 0.717) is 19.6 Å². The van der Waals surface area contributed by atoms with Crippen molar-refractivity contribution in [3.63, 3.8) is 0 Å². The fraction of sp³-hybridized carbons (Fsp3) is 0.333. The smallest absolute Gasteiger partial charge is 0.243 e. The quantitative estimate of drug-likeness (QED) is 0.765. The van der Waals surface area contributed by atoms with Crippen LogP contribution in [0, 0.1) is 0 Å². The van der Waals surface area contributed by atoms with Crippen LogP contribution in [0.25, 0.3) is 10.8 Å². The van der Waals surface area contributed by atoms with Gasteiger partial charge in [0.25, 0.3) is 0 Å². The Labute approximate surface area is 158 Å². The molecule has 0 aromatic heterocycles. The zero-order chi connectivity index (χ0) is 19.2. The van der Waals surface area contributed by atoms with Gasteiger partial charge in [-0.15, -0.1) is 0 Å². The molecule has 6 nitrogen and oxygen atoms in total. The molecule has 0 radical (unpaired) electrons. The predicted octanol–water partition coefficient (Wildman–Crippen LogP) is 1.97. The Kier molecular flexibility index (Phi) is 6.08. The van der Waals surface area contributed by atoms with Crippen LogP contribution >= 0.6 is 0 Å². The molecule has 2 atom stereocenters. The highest BCUT2D eigenvalue weighted by Crippen LogP contribution is 2.24. The van der Waals surface area contributed by atoms with Crippen LogP contribution in [0.2, 0.25) is 0 Å². The molecule has 1 saturated heterocycles. The van der Waals surface area contributed by atoms with Gasteiger partial charge in [0.05, 0.1) is 32.2 Å². The summed E-state index contributed by atoms with van der Waals surface area (Å²) in [7, 11) is 1.62. The van der Waals surface area contributed by atoms with Crippen molar-refractivity contribution in [2.45, 2.75) is 24.9 Å². The number of rotatable bonds is 6. The van der Waals surface area contributed by atoms with E-state index in [0.717, 1.165) is 22.1 Å². The number of hydrogen-bond donors (Lipinski definition) is 2. The van der Waals surface area contributed by atoms with E-state index in [1.807, 2.05) is 36.4 Å². The standard InChI is InChI=1S/C21H24N2O4/c1-3-20(24)23-19-13-27-10-9-18(19)22-21(25)11-15-6-4-5-14-7-8-16(26-2)12-17(14)15/h3-8,12,18-19H,1,9-11,13H2,2H3,(H,22,25)(H,23,24)/t18-,19+/m1/s1. The van der Waals surface area contributed by atoms with Gasteiger partial charge >= 0.3 is 0 Å². The van der Waals surface area contributed by atoms with E-state index in [4.69, 9.17) is 9.47 Å². The van der Waals surface area contributed by atoms with Crippen LogP contribution in [0.1, 0.15) is 12.0 Å². The lowest BCUT2D eigenvalue weighted by atomic mass is 10.00. The SMILES string of the molecule is C=CC(=O)N[C@H]1COCC[C@H]1NC(=O)Cc1cccc2ccc(OC)cc12. The average molecular weight is 368 g/mol. The van der Waals surface area contributed by atoms with Crippen LogP contribution in [0.15, 0.2) is 49.1 Å². The van der Waals surface area contributed by atoms with Gasteiger partial charge in [0.2, 0.25) is 11.8 Å². The first kappa shape index (κ1) is 18.9. The van der Waals surface area contributed by atoms with Crippen molar-refractivity contribution in [1.29, 1.82) is 0 Å². The first-order chi connectivity index (χ1) is 13.1. The van der Waals surface area contributed by atoms with Crippen LogP contribution in [-0.4, -0.2) is 44.2 Å². The summed E-state index contributed by atoms with van der Waals surface area (Å²) in [5.74, 6) is 0.396. The average Bonchev–Trinajstić information content (AvgIpc) is 2.69. The van der Waals surface area contributed by atoms with E-state index < -0.39 is 0 Å². The summed E-state index contributed by atoms with van der Waals surface area (Å²) < 4.78 is 10.7. The Morgan fingerprint density at radius 1 is 1.26 bits per heavy atom. The summed E-state index contributed by atoms with van der Waals surface area (Å²) in [6.07, 6.45) is 2.12. The lowest BCUT2D eigenvalue weighted by molar-refractivity contribution is -0.124. The number of nitrogens with one attached hydrogen (secondary N) is 2. The summed E-state index contributed by atoms with van der Waals surface area (Å²) in [6.45, 7) is 4.38. The second-order valence-corrected chi connectivity index (χ2v) is 6.54. The van der Waals surface area contributed by atoms with Gasteiger partial charge in [-0.1, -0.05) is 30.8 Å². The van der Waals surface area contributed by atoms with Crippen LogP contribution in [0.4, 0.5) is 0 Å². The van der Waals surface area contributed by atoms with Gasteiger partial charge in [-0.2, -0.15) is 0 Å². The van der Waals surface area contributed by atoms with Crippen LogP contribution < -0.4 is 15.4 Å². The Hall–Kier alpha value is -2.86. The first-order valence-corrected chi connectivity index (χ1v) is 8.96. The largest absolute Gasteiger partial charge is 0.497 e. The fourth-order valence-corrected chi connectivity index (χ4v) is 3.32. The Morgan fingerprint density at radius 2 is 2.11 bits per heavy atom. The highest BCUT2D eigenvalue weighted by molar-refractivity contribution is 5.91. The number of carbonyl (C=O) groups is 2. The third kappa shape index (κ3) is 4.65. The van der Waals surface area contributed by atoms with Gasteiger partial charge in [-0.05, 0) is 41.0 Å². The topological polar surface area (TPSA) is 76.7 Å². The lowest BCUT2D eigenvalue weighted by Crippen LogP contribution is -2.56. The summed E-state index contributed by atoms with van der Waals surface area (Å²) in [5.41, 5.74) is 0.933. The normalized spacial score (nSPS) is 19.3. The molecule has 6 heteroatoms. The molecule has 2 aromatic rings. The van der Waals surface area contributed by atoms with E-state index >= 15 is 0 Å². The highest BCUT2D eigenvalue weighted by Gasteiger charge is 2.28. The van der Waals surface area contributed by atoms with E-state index in [1.54, 1.807) is 7.11 Å². The fourth-order valence-electron chi connectivity index (χ4n) is 3.32. The van der Waals surface area contributed by atoms with Crippen molar-refractivity contribution >= 4 is 22.6 Å². The molecular weight excluding hydrogens is 344 g/mol. The van der Waals surface area contributed by atoms with Crippen molar-refractivity contribution < 1.29 is 19.1 Å². The minimum absolute atomic E-state index is 0.0879. The molecule has 2 amide bonds. The minimum Gasteiger partial charge on any atom is -0.497 e. The van der Waals surface area contributed by atoms with Crippen molar-refractivity contribution in [1.82, 2.24) is 10.6 Å². The van der Waals surface area contributed by atoms with Gasteiger partial charge in [-0.25, -0.2) is 0 Å². The van der Waals surface area contributed by atoms with Gasteiger partial charge < -0.3 is 20.1 Å². The third-order valence-corrected chi connectivity index (χ3v) is 4.75. The molecule has 2 aromatic carbocycles. The summed E-state index contributed by atoms with van der Waals surface area (Å²) >= 11 is 0. The Bertz CT molecular complexity index is 849. The molecule has 0 unspecified atom stereocenters. The lowest BCUT2D eigenvalue weighted by Gasteiger charge is -2.32. The van der Waals surface area contributed by atoms with Crippen molar-refractivity contribution in [3.8, 4) is 5.75 Å². The van der Waals surface area contributed by atoms with Crippen molar-refractivity contribution in [3.05, 3.63) is 54.6 Å². The maximum absolute atomic E-state index is 12.7. The summed E-state index contributed by atoms with van der Waals surface area (Å²) in [5, 5.41) is 7.91. The van der Waals surface area contributed by atoms with Crippen molar-refractivity contribution in [2.75, 3.05) is 20.3 Å². The molecule has 0 spiro atoms. The van der Waals surface area contributed by atoms with Crippen molar-refractivity contribution in [2.24, 2.45) is 0 Å². The molecule has 1 aliphatic heterocycles. The second-order valence-electron chi connectivity index (χ2n) is 6.54. The maximum atomic E-state index is 12.7.